The Bertz CT molecular complexity index is 1500. The Hall–Kier alpha value is -4.04. The molecule has 0 spiro atoms. The van der Waals surface area contributed by atoms with E-state index in [1.165, 1.54) is 16.2 Å². The lowest BCUT2D eigenvalue weighted by molar-refractivity contribution is 0.671. The van der Waals surface area contributed by atoms with E-state index < -0.39 is 0 Å². The molecule has 5 aromatic carbocycles. The SMILES string of the molecule is c1ccc(Nc2cccc3c2oc2c(-c4ccccc4)cc4ccccc4c23)cc1. The van der Waals surface area contributed by atoms with E-state index in [1.807, 2.05) is 24.3 Å². The summed E-state index contributed by atoms with van der Waals surface area (Å²) in [4.78, 5) is 0. The molecule has 0 saturated carbocycles. The van der Waals surface area contributed by atoms with Gasteiger partial charge in [0.15, 0.2) is 5.58 Å². The van der Waals surface area contributed by atoms with Gasteiger partial charge in [0.25, 0.3) is 0 Å². The summed E-state index contributed by atoms with van der Waals surface area (Å²) in [5, 5.41) is 8.24. The Morgan fingerprint density at radius 3 is 2.10 bits per heavy atom. The van der Waals surface area contributed by atoms with Crippen LogP contribution in [0.4, 0.5) is 11.4 Å². The van der Waals surface area contributed by atoms with Crippen molar-refractivity contribution in [1.29, 1.82) is 0 Å². The van der Waals surface area contributed by atoms with E-state index in [-0.39, 0.29) is 0 Å². The van der Waals surface area contributed by atoms with Gasteiger partial charge in [-0.3, -0.25) is 0 Å². The quantitative estimate of drug-likeness (QED) is 0.332. The number of anilines is 2. The maximum atomic E-state index is 6.59. The summed E-state index contributed by atoms with van der Waals surface area (Å²) >= 11 is 0. The summed E-state index contributed by atoms with van der Waals surface area (Å²) in [6.45, 7) is 0. The molecule has 0 bridgehead atoms. The van der Waals surface area contributed by atoms with E-state index in [1.54, 1.807) is 0 Å². The number of nitrogens with one attached hydrogen (secondary N) is 1. The Morgan fingerprint density at radius 1 is 0.567 bits per heavy atom. The largest absolute Gasteiger partial charge is 0.453 e. The van der Waals surface area contributed by atoms with E-state index in [4.69, 9.17) is 4.42 Å². The van der Waals surface area contributed by atoms with Gasteiger partial charge in [-0.15, -0.1) is 0 Å². The minimum Gasteiger partial charge on any atom is -0.453 e. The van der Waals surface area contributed by atoms with Gasteiger partial charge < -0.3 is 9.73 Å². The van der Waals surface area contributed by atoms with E-state index >= 15 is 0 Å². The Morgan fingerprint density at radius 2 is 1.27 bits per heavy atom. The molecular weight excluding hydrogens is 366 g/mol. The molecule has 1 N–H and O–H groups in total. The van der Waals surface area contributed by atoms with Gasteiger partial charge >= 0.3 is 0 Å². The van der Waals surface area contributed by atoms with Crippen molar-refractivity contribution in [3.8, 4) is 11.1 Å². The third-order valence-corrected chi connectivity index (χ3v) is 5.63. The normalized spacial score (nSPS) is 11.3. The number of benzene rings is 5. The summed E-state index contributed by atoms with van der Waals surface area (Å²) < 4.78 is 6.59. The second kappa shape index (κ2) is 6.78. The maximum absolute atomic E-state index is 6.59. The van der Waals surface area contributed by atoms with Gasteiger partial charge in [0.05, 0.1) is 5.69 Å². The zero-order valence-corrected chi connectivity index (χ0v) is 16.3. The highest BCUT2D eigenvalue weighted by molar-refractivity contribution is 6.23. The number of hydrogen-bond acceptors (Lipinski definition) is 2. The molecule has 2 heteroatoms. The summed E-state index contributed by atoms with van der Waals surface area (Å²) in [6, 6.07) is 37.7. The monoisotopic (exact) mass is 385 g/mol. The van der Waals surface area contributed by atoms with Crippen LogP contribution in [0.1, 0.15) is 0 Å². The van der Waals surface area contributed by atoms with Crippen LogP contribution in [0, 0.1) is 0 Å². The molecule has 30 heavy (non-hydrogen) atoms. The van der Waals surface area contributed by atoms with Crippen molar-refractivity contribution in [3.63, 3.8) is 0 Å². The second-order valence-electron chi connectivity index (χ2n) is 7.49. The first-order valence-electron chi connectivity index (χ1n) is 10.1. The fourth-order valence-electron chi connectivity index (χ4n) is 4.26. The standard InChI is InChI=1S/C28H19NO/c1-3-10-19(11-4-1)24-18-20-12-7-8-15-22(20)26-23-16-9-17-25(27(23)30-28(24)26)29-21-13-5-2-6-14-21/h1-18,29H. The predicted molar refractivity (Wildman–Crippen MR) is 126 cm³/mol. The fourth-order valence-corrected chi connectivity index (χ4v) is 4.26. The molecule has 0 unspecified atom stereocenters. The van der Waals surface area contributed by atoms with Crippen LogP contribution in [0.3, 0.4) is 0 Å². The Balaban J connectivity index is 1.70. The van der Waals surface area contributed by atoms with Crippen molar-refractivity contribution in [1.82, 2.24) is 0 Å². The van der Waals surface area contributed by atoms with Crippen molar-refractivity contribution in [3.05, 3.63) is 109 Å². The molecule has 2 nitrogen and oxygen atoms in total. The Labute approximate surface area is 174 Å². The molecule has 6 rings (SSSR count). The van der Waals surface area contributed by atoms with Crippen LogP contribution in [-0.2, 0) is 0 Å². The van der Waals surface area contributed by atoms with E-state index in [0.29, 0.717) is 0 Å². The zero-order chi connectivity index (χ0) is 19.9. The second-order valence-corrected chi connectivity index (χ2v) is 7.49. The highest BCUT2D eigenvalue weighted by atomic mass is 16.3. The average molecular weight is 385 g/mol. The summed E-state index contributed by atoms with van der Waals surface area (Å²) in [6.07, 6.45) is 0. The number of rotatable bonds is 3. The number of hydrogen-bond donors (Lipinski definition) is 1. The number of para-hydroxylation sites is 2. The van der Waals surface area contributed by atoms with Crippen LogP contribution in [0.15, 0.2) is 114 Å². The first-order valence-corrected chi connectivity index (χ1v) is 10.1. The van der Waals surface area contributed by atoms with Gasteiger partial charge in [-0.05, 0) is 40.6 Å². The minimum absolute atomic E-state index is 0.880. The molecule has 0 radical (unpaired) electrons. The van der Waals surface area contributed by atoms with E-state index in [2.05, 4.69) is 90.2 Å². The van der Waals surface area contributed by atoms with Crippen LogP contribution in [0.2, 0.25) is 0 Å². The lowest BCUT2D eigenvalue weighted by Gasteiger charge is -2.06. The molecule has 6 aromatic rings. The molecule has 1 aromatic heterocycles. The molecule has 0 atom stereocenters. The summed E-state index contributed by atoms with van der Waals surface area (Å²) in [7, 11) is 0. The van der Waals surface area contributed by atoms with Gasteiger partial charge in [0, 0.05) is 22.0 Å². The first-order chi connectivity index (χ1) is 14.9. The lowest BCUT2D eigenvalue weighted by Crippen LogP contribution is -1.89. The highest BCUT2D eigenvalue weighted by Gasteiger charge is 2.17. The molecule has 0 aliphatic heterocycles. The van der Waals surface area contributed by atoms with E-state index in [0.717, 1.165) is 39.1 Å². The predicted octanol–water partition coefficient (Wildman–Crippen LogP) is 8.15. The van der Waals surface area contributed by atoms with Crippen LogP contribution in [-0.4, -0.2) is 0 Å². The minimum atomic E-state index is 0.880. The van der Waals surface area contributed by atoms with Crippen molar-refractivity contribution in [2.45, 2.75) is 0 Å². The number of furan rings is 1. The summed E-state index contributed by atoms with van der Waals surface area (Å²) in [5.74, 6) is 0. The molecule has 0 saturated heterocycles. The average Bonchev–Trinajstić information content (AvgIpc) is 3.21. The molecule has 0 aliphatic carbocycles. The molecular formula is C28H19NO. The molecule has 0 amide bonds. The van der Waals surface area contributed by atoms with Crippen molar-refractivity contribution in [2.24, 2.45) is 0 Å². The van der Waals surface area contributed by atoms with E-state index in [9.17, 15) is 0 Å². The zero-order valence-electron chi connectivity index (χ0n) is 16.3. The maximum Gasteiger partial charge on any atom is 0.158 e. The van der Waals surface area contributed by atoms with Crippen LogP contribution in [0.25, 0.3) is 43.8 Å². The van der Waals surface area contributed by atoms with Gasteiger partial charge in [-0.2, -0.15) is 0 Å². The van der Waals surface area contributed by atoms with Crippen molar-refractivity contribution in [2.75, 3.05) is 5.32 Å². The third kappa shape index (κ3) is 2.66. The molecule has 0 aliphatic rings. The molecule has 142 valence electrons. The van der Waals surface area contributed by atoms with Gasteiger partial charge in [0.1, 0.15) is 5.58 Å². The highest BCUT2D eigenvalue weighted by Crippen LogP contribution is 2.43. The Kier molecular flexibility index (Phi) is 3.82. The van der Waals surface area contributed by atoms with Gasteiger partial charge in [-0.25, -0.2) is 0 Å². The van der Waals surface area contributed by atoms with Gasteiger partial charge in [-0.1, -0.05) is 84.9 Å². The van der Waals surface area contributed by atoms with Gasteiger partial charge in [0.2, 0.25) is 0 Å². The smallest absolute Gasteiger partial charge is 0.158 e. The van der Waals surface area contributed by atoms with Crippen LogP contribution < -0.4 is 5.32 Å². The third-order valence-electron chi connectivity index (χ3n) is 5.63. The summed E-state index contributed by atoms with van der Waals surface area (Å²) in [5.41, 5.74) is 6.09. The van der Waals surface area contributed by atoms with Crippen molar-refractivity contribution >= 4 is 44.1 Å². The molecule has 1 heterocycles. The molecule has 0 fully saturated rings. The number of fused-ring (bicyclic) bond motifs is 5. The lowest BCUT2D eigenvalue weighted by atomic mass is 9.96. The van der Waals surface area contributed by atoms with Crippen molar-refractivity contribution < 1.29 is 4.42 Å². The van der Waals surface area contributed by atoms with Crippen LogP contribution >= 0.6 is 0 Å². The fraction of sp³-hybridized carbons (Fsp3) is 0. The van der Waals surface area contributed by atoms with Crippen LogP contribution in [0.5, 0.6) is 0 Å². The topological polar surface area (TPSA) is 25.2 Å². The first kappa shape index (κ1) is 16.9.